The second kappa shape index (κ2) is 10.6. The van der Waals surface area contributed by atoms with E-state index in [1.165, 1.54) is 0 Å². The number of carbonyl (C=O) groups is 4. The zero-order valence-electron chi connectivity index (χ0n) is 12.2. The van der Waals surface area contributed by atoms with Gasteiger partial charge in [-0.15, -0.1) is 0 Å². The Hall–Kier alpha value is -2.12. The van der Waals surface area contributed by atoms with Gasteiger partial charge in [0.2, 0.25) is 5.91 Å². The predicted octanol–water partition coefficient (Wildman–Crippen LogP) is 0.242. The van der Waals surface area contributed by atoms with Crippen molar-refractivity contribution in [3.05, 3.63) is 0 Å². The van der Waals surface area contributed by atoms with E-state index in [9.17, 15) is 19.2 Å². The molecule has 8 nitrogen and oxygen atoms in total. The van der Waals surface area contributed by atoms with Gasteiger partial charge in [-0.25, -0.2) is 4.79 Å². The average molecular weight is 303 g/mol. The first-order valence-corrected chi connectivity index (χ1v) is 6.74. The second-order valence-corrected chi connectivity index (χ2v) is 4.11. The highest BCUT2D eigenvalue weighted by atomic mass is 16.5. The van der Waals surface area contributed by atoms with Gasteiger partial charge >= 0.3 is 17.9 Å². The third-order valence-electron chi connectivity index (χ3n) is 2.41. The molecule has 2 N–H and O–H groups in total. The van der Waals surface area contributed by atoms with Crippen molar-refractivity contribution in [2.75, 3.05) is 13.2 Å². The van der Waals surface area contributed by atoms with E-state index in [2.05, 4.69) is 5.32 Å². The summed E-state index contributed by atoms with van der Waals surface area (Å²) in [5.41, 5.74) is 0. The van der Waals surface area contributed by atoms with E-state index in [1.807, 2.05) is 0 Å². The number of carboxylic acids is 1. The van der Waals surface area contributed by atoms with Crippen LogP contribution in [0.5, 0.6) is 0 Å². The smallest absolute Gasteiger partial charge is 0.328 e. The minimum Gasteiger partial charge on any atom is -0.481 e. The molecule has 0 radical (unpaired) electrons. The summed E-state index contributed by atoms with van der Waals surface area (Å²) in [6.45, 7) is 3.65. The maximum atomic E-state index is 11.7. The number of carboxylic acid groups (broad SMARTS) is 1. The van der Waals surface area contributed by atoms with Crippen molar-refractivity contribution in [1.82, 2.24) is 5.32 Å². The molecule has 0 aliphatic carbocycles. The molecule has 0 saturated heterocycles. The van der Waals surface area contributed by atoms with Crippen LogP contribution < -0.4 is 5.32 Å². The largest absolute Gasteiger partial charge is 0.481 e. The van der Waals surface area contributed by atoms with Crippen molar-refractivity contribution in [3.8, 4) is 0 Å². The number of aliphatic carboxylic acids is 1. The molecule has 0 unspecified atom stereocenters. The molecule has 0 fully saturated rings. The minimum absolute atomic E-state index is 0.0382. The number of nitrogens with one attached hydrogen (secondary N) is 1. The molecule has 21 heavy (non-hydrogen) atoms. The third-order valence-corrected chi connectivity index (χ3v) is 2.41. The molecule has 0 saturated carbocycles. The van der Waals surface area contributed by atoms with E-state index in [0.29, 0.717) is 0 Å². The van der Waals surface area contributed by atoms with Gasteiger partial charge in [0, 0.05) is 12.8 Å². The molecule has 1 atom stereocenters. The highest BCUT2D eigenvalue weighted by molar-refractivity contribution is 5.86. The first-order valence-electron chi connectivity index (χ1n) is 6.74. The number of hydrogen-bond donors (Lipinski definition) is 2. The summed E-state index contributed by atoms with van der Waals surface area (Å²) in [5.74, 6) is -2.83. The van der Waals surface area contributed by atoms with E-state index in [1.54, 1.807) is 13.8 Å². The number of hydrogen-bond acceptors (Lipinski definition) is 6. The van der Waals surface area contributed by atoms with Crippen LogP contribution in [0.25, 0.3) is 0 Å². The summed E-state index contributed by atoms with van der Waals surface area (Å²) in [7, 11) is 0. The quantitative estimate of drug-likeness (QED) is 0.555. The van der Waals surface area contributed by atoms with Crippen LogP contribution in [0, 0.1) is 0 Å². The van der Waals surface area contributed by atoms with E-state index in [0.717, 1.165) is 0 Å². The SMILES string of the molecule is CCOC(=O)CC[C@H](NC(=O)CCC(=O)O)C(=O)OCC. The number of carbonyl (C=O) groups excluding carboxylic acids is 3. The Morgan fingerprint density at radius 1 is 1.00 bits per heavy atom. The van der Waals surface area contributed by atoms with E-state index < -0.39 is 29.9 Å². The van der Waals surface area contributed by atoms with Crippen LogP contribution in [-0.2, 0) is 28.7 Å². The summed E-state index contributed by atoms with van der Waals surface area (Å²) in [4.78, 5) is 44.9. The molecule has 0 aromatic carbocycles. The van der Waals surface area contributed by atoms with Crippen LogP contribution in [0.2, 0.25) is 0 Å². The summed E-state index contributed by atoms with van der Waals surface area (Å²) < 4.78 is 9.54. The molecule has 0 spiro atoms. The fourth-order valence-electron chi connectivity index (χ4n) is 1.47. The number of ether oxygens (including phenoxy) is 2. The van der Waals surface area contributed by atoms with Crippen LogP contribution in [0.15, 0.2) is 0 Å². The number of amides is 1. The molecule has 0 bridgehead atoms. The zero-order chi connectivity index (χ0) is 16.3. The summed E-state index contributed by atoms with van der Waals surface area (Å²) >= 11 is 0. The Balaban J connectivity index is 4.44. The lowest BCUT2D eigenvalue weighted by molar-refractivity contribution is -0.148. The van der Waals surface area contributed by atoms with Crippen LogP contribution in [-0.4, -0.2) is 48.2 Å². The van der Waals surface area contributed by atoms with Gasteiger partial charge in [0.15, 0.2) is 0 Å². The highest BCUT2D eigenvalue weighted by Gasteiger charge is 2.23. The molecule has 0 aliphatic rings. The van der Waals surface area contributed by atoms with Crippen LogP contribution >= 0.6 is 0 Å². The van der Waals surface area contributed by atoms with Gasteiger partial charge in [0.1, 0.15) is 6.04 Å². The third kappa shape index (κ3) is 9.42. The van der Waals surface area contributed by atoms with Crippen molar-refractivity contribution in [2.24, 2.45) is 0 Å². The topological polar surface area (TPSA) is 119 Å². The molecule has 0 aromatic heterocycles. The van der Waals surface area contributed by atoms with Crippen molar-refractivity contribution in [3.63, 3.8) is 0 Å². The van der Waals surface area contributed by atoms with Crippen molar-refractivity contribution in [1.29, 1.82) is 0 Å². The zero-order valence-corrected chi connectivity index (χ0v) is 12.2. The normalized spacial score (nSPS) is 11.3. The highest BCUT2D eigenvalue weighted by Crippen LogP contribution is 2.03. The fourth-order valence-corrected chi connectivity index (χ4v) is 1.47. The Kier molecular flexibility index (Phi) is 9.57. The molecule has 120 valence electrons. The molecule has 0 aromatic rings. The minimum atomic E-state index is -1.11. The first kappa shape index (κ1) is 18.9. The van der Waals surface area contributed by atoms with E-state index >= 15 is 0 Å². The van der Waals surface area contributed by atoms with Crippen LogP contribution in [0.1, 0.15) is 39.5 Å². The molecule has 0 aliphatic heterocycles. The average Bonchev–Trinajstić information content (AvgIpc) is 2.41. The van der Waals surface area contributed by atoms with Gasteiger partial charge in [0.25, 0.3) is 0 Å². The molecule has 0 heterocycles. The first-order chi connectivity index (χ1) is 9.90. The standard InChI is InChI=1S/C13H21NO7/c1-3-20-12(18)8-5-9(13(19)21-4-2)14-10(15)6-7-11(16)17/h9H,3-8H2,1-2H3,(H,14,15)(H,16,17)/t9-/m0/s1. The van der Waals surface area contributed by atoms with E-state index in [4.69, 9.17) is 14.6 Å². The molecule has 8 heteroatoms. The van der Waals surface area contributed by atoms with Crippen molar-refractivity contribution in [2.45, 2.75) is 45.6 Å². The Labute approximate surface area is 122 Å². The Bertz CT molecular complexity index is 381. The van der Waals surface area contributed by atoms with Gasteiger partial charge in [-0.2, -0.15) is 0 Å². The molecule has 0 rings (SSSR count). The summed E-state index contributed by atoms with van der Waals surface area (Å²) in [6, 6.07) is -0.990. The van der Waals surface area contributed by atoms with Crippen molar-refractivity contribution >= 4 is 23.8 Å². The van der Waals surface area contributed by atoms with Gasteiger partial charge in [-0.1, -0.05) is 0 Å². The lowest BCUT2D eigenvalue weighted by atomic mass is 10.1. The van der Waals surface area contributed by atoms with Gasteiger partial charge in [-0.05, 0) is 20.3 Å². The van der Waals surface area contributed by atoms with E-state index in [-0.39, 0.29) is 38.9 Å². The predicted molar refractivity (Wildman–Crippen MR) is 71.3 cm³/mol. The lowest BCUT2D eigenvalue weighted by Gasteiger charge is -2.16. The van der Waals surface area contributed by atoms with Crippen molar-refractivity contribution < 1.29 is 33.8 Å². The van der Waals surface area contributed by atoms with Crippen LogP contribution in [0.3, 0.4) is 0 Å². The monoisotopic (exact) mass is 303 g/mol. The van der Waals surface area contributed by atoms with Crippen LogP contribution in [0.4, 0.5) is 0 Å². The maximum absolute atomic E-state index is 11.7. The fraction of sp³-hybridized carbons (Fsp3) is 0.692. The van der Waals surface area contributed by atoms with Gasteiger partial charge in [0.05, 0.1) is 19.6 Å². The Morgan fingerprint density at radius 2 is 1.62 bits per heavy atom. The molecular weight excluding hydrogens is 282 g/mol. The van der Waals surface area contributed by atoms with Gasteiger partial charge in [-0.3, -0.25) is 14.4 Å². The molecule has 1 amide bonds. The maximum Gasteiger partial charge on any atom is 0.328 e. The number of rotatable bonds is 10. The van der Waals surface area contributed by atoms with Gasteiger partial charge < -0.3 is 19.9 Å². The molecular formula is C13H21NO7. The second-order valence-electron chi connectivity index (χ2n) is 4.11. The Morgan fingerprint density at radius 3 is 2.14 bits per heavy atom. The summed E-state index contributed by atoms with van der Waals surface area (Å²) in [6.07, 6.45) is -0.586. The lowest BCUT2D eigenvalue weighted by Crippen LogP contribution is -2.42. The number of esters is 2. The summed E-state index contributed by atoms with van der Waals surface area (Å²) in [5, 5.41) is 10.9.